The molecule has 0 N–H and O–H groups in total. The molecule has 0 aliphatic carbocycles. The monoisotopic (exact) mass is 642 g/mol. The summed E-state index contributed by atoms with van der Waals surface area (Å²) in [4.78, 5) is 2.45. The van der Waals surface area contributed by atoms with Gasteiger partial charge in [0, 0.05) is 19.4 Å². The Balaban J connectivity index is 1.56. The maximum absolute atomic E-state index is 6.86. The van der Waals surface area contributed by atoms with Crippen LogP contribution in [0.1, 0.15) is 200 Å². The molecule has 2 heterocycles. The summed E-state index contributed by atoms with van der Waals surface area (Å²) in [5, 5.41) is 0. The summed E-state index contributed by atoms with van der Waals surface area (Å²) < 4.78 is 13.7. The van der Waals surface area contributed by atoms with E-state index in [0.717, 1.165) is 32.2 Å². The molecule has 0 saturated carbocycles. The quantitative estimate of drug-likeness (QED) is 0.0575. The molecule has 268 valence electrons. The van der Waals surface area contributed by atoms with Crippen molar-refractivity contribution in [3.8, 4) is 0 Å². The maximum atomic E-state index is 6.86. The van der Waals surface area contributed by atoms with Crippen LogP contribution < -0.4 is 0 Å². The van der Waals surface area contributed by atoms with Gasteiger partial charge in [-0.15, -0.1) is 0 Å². The minimum atomic E-state index is -0.315. The molecule has 2 aliphatic heterocycles. The number of unbranched alkanes of at least 4 members (excludes halogenated alkanes) is 20. The molecule has 3 nitrogen and oxygen atoms in total. The van der Waals surface area contributed by atoms with Gasteiger partial charge in [0.05, 0.1) is 12.2 Å². The summed E-state index contributed by atoms with van der Waals surface area (Å²) in [6.45, 7) is 6.77. The van der Waals surface area contributed by atoms with Crippen LogP contribution in [0.15, 0.2) is 36.5 Å². The molecule has 0 aromatic heterocycles. The number of likely N-dealkylation sites (N-methyl/N-ethyl adjacent to an activating group) is 1. The molecule has 2 rings (SSSR count). The fourth-order valence-electron chi connectivity index (χ4n) is 7.30. The van der Waals surface area contributed by atoms with Gasteiger partial charge in [-0.3, -0.25) is 0 Å². The fraction of sp³-hybridized carbons (Fsp3) is 0.860. The molecule has 2 saturated heterocycles. The molecular formula is C43H79NO2. The van der Waals surface area contributed by atoms with E-state index in [4.69, 9.17) is 9.47 Å². The van der Waals surface area contributed by atoms with Gasteiger partial charge in [-0.2, -0.15) is 0 Å². The Bertz CT molecular complexity index is 760. The predicted molar refractivity (Wildman–Crippen MR) is 203 cm³/mol. The normalized spacial score (nSPS) is 22.5. The highest BCUT2D eigenvalue weighted by Gasteiger charge is 2.47. The lowest BCUT2D eigenvalue weighted by Crippen LogP contribution is -2.35. The molecule has 0 amide bonds. The molecule has 0 radical (unpaired) electrons. The van der Waals surface area contributed by atoms with Crippen molar-refractivity contribution in [1.29, 1.82) is 0 Å². The minimum Gasteiger partial charge on any atom is -0.344 e. The van der Waals surface area contributed by atoms with Crippen LogP contribution >= 0.6 is 0 Å². The average Bonchev–Trinajstić information content (AvgIpc) is 3.29. The highest BCUT2D eigenvalue weighted by atomic mass is 16.8. The van der Waals surface area contributed by atoms with Gasteiger partial charge in [-0.05, 0) is 97.1 Å². The highest BCUT2D eigenvalue weighted by Crippen LogP contribution is 2.40. The number of rotatable bonds is 30. The predicted octanol–water partition coefficient (Wildman–Crippen LogP) is 13.4. The number of nitrogens with zero attached hydrogens (tertiary/aromatic N) is 1. The van der Waals surface area contributed by atoms with Gasteiger partial charge in [-0.1, -0.05) is 140 Å². The summed E-state index contributed by atoms with van der Waals surface area (Å²) in [6, 6.07) is 0. The molecule has 0 bridgehead atoms. The van der Waals surface area contributed by atoms with E-state index in [9.17, 15) is 0 Å². The fourth-order valence-corrected chi connectivity index (χ4v) is 7.30. The first kappa shape index (κ1) is 41.3. The van der Waals surface area contributed by atoms with Crippen molar-refractivity contribution in [3.63, 3.8) is 0 Å². The van der Waals surface area contributed by atoms with E-state index in [2.05, 4.69) is 62.3 Å². The van der Waals surface area contributed by atoms with E-state index in [1.54, 1.807) is 0 Å². The molecular weight excluding hydrogens is 562 g/mol. The van der Waals surface area contributed by atoms with Crippen molar-refractivity contribution in [1.82, 2.24) is 4.90 Å². The van der Waals surface area contributed by atoms with Gasteiger partial charge in [-0.25, -0.2) is 0 Å². The average molecular weight is 642 g/mol. The summed E-state index contributed by atoms with van der Waals surface area (Å²) in [5.74, 6) is -0.315. The number of likely N-dealkylation sites (tertiary alicyclic amines) is 1. The van der Waals surface area contributed by atoms with Gasteiger partial charge in [0.15, 0.2) is 5.79 Å². The topological polar surface area (TPSA) is 21.7 Å². The van der Waals surface area contributed by atoms with Crippen molar-refractivity contribution in [2.24, 2.45) is 0 Å². The molecule has 3 atom stereocenters. The van der Waals surface area contributed by atoms with Gasteiger partial charge in [0.2, 0.25) is 0 Å². The molecule has 0 aromatic carbocycles. The van der Waals surface area contributed by atoms with E-state index >= 15 is 0 Å². The summed E-state index contributed by atoms with van der Waals surface area (Å²) in [5.41, 5.74) is 0. The Kier molecular flexibility index (Phi) is 26.1. The first-order valence-corrected chi connectivity index (χ1v) is 20.7. The first-order chi connectivity index (χ1) is 22.7. The third-order valence-electron chi connectivity index (χ3n) is 10.2. The summed E-state index contributed by atoms with van der Waals surface area (Å²) >= 11 is 0. The van der Waals surface area contributed by atoms with Crippen molar-refractivity contribution in [3.05, 3.63) is 36.5 Å². The molecule has 46 heavy (non-hydrogen) atoms. The zero-order valence-electron chi connectivity index (χ0n) is 31.3. The second kappa shape index (κ2) is 29.1. The SMILES string of the molecule is CCCCC/C=C\C/C=C\CCCCCCCCC1(CCCCCCCC/C=C\CCCCCCC)OC2CCCN(C)CC2O1. The van der Waals surface area contributed by atoms with Crippen molar-refractivity contribution >= 4 is 0 Å². The molecule has 0 aromatic rings. The lowest BCUT2D eigenvalue weighted by atomic mass is 9.98. The van der Waals surface area contributed by atoms with Crippen LogP contribution in [0.5, 0.6) is 0 Å². The lowest BCUT2D eigenvalue weighted by Gasteiger charge is -2.29. The summed E-state index contributed by atoms with van der Waals surface area (Å²) in [7, 11) is 2.25. The van der Waals surface area contributed by atoms with E-state index < -0.39 is 0 Å². The number of ether oxygens (including phenoxy) is 2. The van der Waals surface area contributed by atoms with E-state index in [-0.39, 0.29) is 11.9 Å². The lowest BCUT2D eigenvalue weighted by molar-refractivity contribution is -0.189. The third kappa shape index (κ3) is 21.1. The Morgan fingerprint density at radius 2 is 0.935 bits per heavy atom. The van der Waals surface area contributed by atoms with Gasteiger partial charge >= 0.3 is 0 Å². The Labute approximate surface area is 288 Å². The zero-order valence-corrected chi connectivity index (χ0v) is 31.3. The highest BCUT2D eigenvalue weighted by molar-refractivity contribution is 4.93. The molecule has 2 fully saturated rings. The van der Waals surface area contributed by atoms with Crippen LogP contribution in [0, 0.1) is 0 Å². The van der Waals surface area contributed by atoms with Gasteiger partial charge in [0.1, 0.15) is 0 Å². The minimum absolute atomic E-state index is 0.265. The third-order valence-corrected chi connectivity index (χ3v) is 10.2. The van der Waals surface area contributed by atoms with Crippen LogP contribution in [0.3, 0.4) is 0 Å². The number of fused-ring (bicyclic) bond motifs is 1. The van der Waals surface area contributed by atoms with E-state index in [1.807, 2.05) is 0 Å². The first-order valence-electron chi connectivity index (χ1n) is 20.7. The largest absolute Gasteiger partial charge is 0.344 e. The van der Waals surface area contributed by atoms with E-state index in [1.165, 1.54) is 167 Å². The second-order valence-electron chi connectivity index (χ2n) is 14.8. The van der Waals surface area contributed by atoms with Crippen molar-refractivity contribution in [2.45, 2.75) is 218 Å². The van der Waals surface area contributed by atoms with Crippen LogP contribution in [0.2, 0.25) is 0 Å². The molecule has 0 spiro atoms. The smallest absolute Gasteiger partial charge is 0.169 e. The van der Waals surface area contributed by atoms with E-state index in [0.29, 0.717) is 6.10 Å². The van der Waals surface area contributed by atoms with Crippen LogP contribution in [-0.4, -0.2) is 43.0 Å². The summed E-state index contributed by atoms with van der Waals surface area (Å²) in [6.07, 6.45) is 52.5. The zero-order chi connectivity index (χ0) is 32.8. The number of hydrogen-bond donors (Lipinski definition) is 0. The van der Waals surface area contributed by atoms with Crippen molar-refractivity contribution in [2.75, 3.05) is 20.1 Å². The Morgan fingerprint density at radius 3 is 1.48 bits per heavy atom. The Hall–Kier alpha value is -0.900. The number of allylic oxidation sites excluding steroid dienone is 6. The van der Waals surface area contributed by atoms with Gasteiger partial charge in [0.25, 0.3) is 0 Å². The molecule has 2 aliphatic rings. The maximum Gasteiger partial charge on any atom is 0.169 e. The Morgan fingerprint density at radius 1 is 0.522 bits per heavy atom. The second-order valence-corrected chi connectivity index (χ2v) is 14.8. The van der Waals surface area contributed by atoms with Crippen LogP contribution in [0.25, 0.3) is 0 Å². The molecule has 3 unspecified atom stereocenters. The van der Waals surface area contributed by atoms with Crippen LogP contribution in [-0.2, 0) is 9.47 Å². The molecule has 3 heteroatoms. The van der Waals surface area contributed by atoms with Gasteiger partial charge < -0.3 is 14.4 Å². The van der Waals surface area contributed by atoms with Crippen LogP contribution in [0.4, 0.5) is 0 Å². The van der Waals surface area contributed by atoms with Crippen molar-refractivity contribution < 1.29 is 9.47 Å². The standard InChI is InChI=1S/C43H79NO2/c1-4-6-8-10-12-14-16-18-20-22-24-26-28-30-32-34-38-43(45-41-36-35-39-44(3)40-42(41)46-43)37-33-31-29-27-25-23-21-19-17-15-13-11-9-7-5-2/h12,14,17-20,41-42H,4-11,13,15-16,21-40H2,1-3H3/b14-12-,19-17-,20-18-. The number of hydrogen-bond acceptors (Lipinski definition) is 3.